The summed E-state index contributed by atoms with van der Waals surface area (Å²) in [6.07, 6.45) is 1.73. The molecular formula is C18H15FN2OS. The largest absolute Gasteiger partial charge is 0.300 e. The Balaban J connectivity index is 1.86. The van der Waals surface area contributed by atoms with Crippen LogP contribution >= 0.6 is 11.8 Å². The number of benzene rings is 2. The quantitative estimate of drug-likeness (QED) is 0.834. The van der Waals surface area contributed by atoms with E-state index < -0.39 is 0 Å². The van der Waals surface area contributed by atoms with E-state index in [9.17, 15) is 9.18 Å². The maximum Gasteiger partial charge on any atom is 0.264 e. The van der Waals surface area contributed by atoms with E-state index in [-0.39, 0.29) is 11.7 Å². The lowest BCUT2D eigenvalue weighted by Gasteiger charge is -2.02. The SMILES string of the molecule is Cc1ccc(C)c(N=C2NC(=O)C(=Cc3ccc(F)cc3)S2)c1. The molecule has 3 nitrogen and oxygen atoms in total. The summed E-state index contributed by atoms with van der Waals surface area (Å²) in [5.41, 5.74) is 3.79. The first-order chi connectivity index (χ1) is 11.0. The van der Waals surface area contributed by atoms with Gasteiger partial charge in [0, 0.05) is 0 Å². The predicted molar refractivity (Wildman–Crippen MR) is 93.1 cm³/mol. The van der Waals surface area contributed by atoms with Gasteiger partial charge in [0.2, 0.25) is 0 Å². The smallest absolute Gasteiger partial charge is 0.264 e. The summed E-state index contributed by atoms with van der Waals surface area (Å²) in [7, 11) is 0. The molecule has 3 rings (SSSR count). The van der Waals surface area contributed by atoms with Crippen molar-refractivity contribution >= 4 is 34.6 Å². The maximum atomic E-state index is 12.9. The first-order valence-electron chi connectivity index (χ1n) is 7.14. The van der Waals surface area contributed by atoms with Crippen molar-refractivity contribution in [3.8, 4) is 0 Å². The number of nitrogens with one attached hydrogen (secondary N) is 1. The van der Waals surface area contributed by atoms with Crippen molar-refractivity contribution in [2.24, 2.45) is 4.99 Å². The second kappa shape index (κ2) is 6.38. The number of hydrogen-bond acceptors (Lipinski definition) is 3. The number of aliphatic imine (C=N–C) groups is 1. The molecule has 0 spiro atoms. The number of rotatable bonds is 2. The lowest BCUT2D eigenvalue weighted by atomic mass is 10.1. The molecule has 23 heavy (non-hydrogen) atoms. The Bertz CT molecular complexity index is 825. The molecule has 0 unspecified atom stereocenters. The number of amides is 1. The van der Waals surface area contributed by atoms with Crippen LogP contribution in [0.3, 0.4) is 0 Å². The normalized spacial score (nSPS) is 17.8. The molecule has 1 saturated heterocycles. The summed E-state index contributed by atoms with van der Waals surface area (Å²) >= 11 is 1.28. The van der Waals surface area contributed by atoms with Crippen LogP contribution in [0.25, 0.3) is 6.08 Å². The van der Waals surface area contributed by atoms with E-state index in [2.05, 4.69) is 10.3 Å². The van der Waals surface area contributed by atoms with Gasteiger partial charge in [-0.1, -0.05) is 24.3 Å². The summed E-state index contributed by atoms with van der Waals surface area (Å²) in [6.45, 7) is 3.99. The van der Waals surface area contributed by atoms with Crippen molar-refractivity contribution in [1.82, 2.24) is 5.32 Å². The molecule has 0 atom stereocenters. The summed E-state index contributed by atoms with van der Waals surface area (Å²) in [5, 5.41) is 3.32. The predicted octanol–water partition coefficient (Wildman–Crippen LogP) is 4.33. The zero-order chi connectivity index (χ0) is 16.4. The average molecular weight is 326 g/mol. The molecule has 1 aliphatic rings. The Labute approximate surface area is 138 Å². The molecule has 5 heteroatoms. The van der Waals surface area contributed by atoms with Gasteiger partial charge in [0.15, 0.2) is 5.17 Å². The van der Waals surface area contributed by atoms with Gasteiger partial charge in [0.05, 0.1) is 10.6 Å². The van der Waals surface area contributed by atoms with Gasteiger partial charge in [-0.05, 0) is 66.6 Å². The minimum Gasteiger partial charge on any atom is -0.300 e. The van der Waals surface area contributed by atoms with Crippen LogP contribution in [-0.4, -0.2) is 11.1 Å². The van der Waals surface area contributed by atoms with Crippen LogP contribution in [0, 0.1) is 19.7 Å². The molecule has 0 aromatic heterocycles. The molecule has 1 aliphatic heterocycles. The third kappa shape index (κ3) is 3.68. The number of nitrogens with zero attached hydrogens (tertiary/aromatic N) is 1. The Hall–Kier alpha value is -2.40. The Kier molecular flexibility index (Phi) is 4.30. The van der Waals surface area contributed by atoms with Gasteiger partial charge in [0.25, 0.3) is 5.91 Å². The molecule has 0 radical (unpaired) electrons. The third-order valence-electron chi connectivity index (χ3n) is 3.41. The Morgan fingerprint density at radius 3 is 2.61 bits per heavy atom. The van der Waals surface area contributed by atoms with Crippen molar-refractivity contribution in [2.75, 3.05) is 0 Å². The molecule has 1 amide bonds. The van der Waals surface area contributed by atoms with Crippen LogP contribution in [0.15, 0.2) is 52.4 Å². The molecular weight excluding hydrogens is 311 g/mol. The lowest BCUT2D eigenvalue weighted by Crippen LogP contribution is -2.19. The summed E-state index contributed by atoms with van der Waals surface area (Å²) < 4.78 is 12.9. The van der Waals surface area contributed by atoms with Gasteiger partial charge in [-0.2, -0.15) is 0 Å². The fraction of sp³-hybridized carbons (Fsp3) is 0.111. The standard InChI is InChI=1S/C18H15FN2OS/c1-11-3-4-12(2)15(9-11)20-18-21-17(22)16(23-18)10-13-5-7-14(19)8-6-13/h3-10H,1-2H3,(H,20,21,22). The van der Waals surface area contributed by atoms with E-state index >= 15 is 0 Å². The minimum absolute atomic E-state index is 0.191. The first-order valence-corrected chi connectivity index (χ1v) is 7.95. The van der Waals surface area contributed by atoms with Crippen molar-refractivity contribution < 1.29 is 9.18 Å². The van der Waals surface area contributed by atoms with E-state index in [0.29, 0.717) is 10.1 Å². The van der Waals surface area contributed by atoms with Crippen LogP contribution in [0.5, 0.6) is 0 Å². The topological polar surface area (TPSA) is 41.5 Å². The summed E-state index contributed by atoms with van der Waals surface area (Å²) in [4.78, 5) is 17.1. The third-order valence-corrected chi connectivity index (χ3v) is 4.32. The number of carbonyl (C=O) groups is 1. The maximum absolute atomic E-state index is 12.9. The van der Waals surface area contributed by atoms with E-state index in [0.717, 1.165) is 22.4 Å². The fourth-order valence-corrected chi connectivity index (χ4v) is 2.97. The Morgan fingerprint density at radius 2 is 1.87 bits per heavy atom. The van der Waals surface area contributed by atoms with Gasteiger partial charge in [-0.25, -0.2) is 9.38 Å². The number of thioether (sulfide) groups is 1. The van der Waals surface area contributed by atoms with Crippen LogP contribution < -0.4 is 5.32 Å². The van der Waals surface area contributed by atoms with E-state index in [1.54, 1.807) is 18.2 Å². The van der Waals surface area contributed by atoms with Gasteiger partial charge in [0.1, 0.15) is 5.82 Å². The molecule has 116 valence electrons. The number of amidine groups is 1. The zero-order valence-electron chi connectivity index (χ0n) is 12.8. The van der Waals surface area contributed by atoms with E-state index in [1.165, 1.54) is 23.9 Å². The number of aryl methyl sites for hydroxylation is 2. The average Bonchev–Trinajstić information content (AvgIpc) is 2.85. The summed E-state index contributed by atoms with van der Waals surface area (Å²) in [5.74, 6) is -0.490. The van der Waals surface area contributed by atoms with E-state index in [1.807, 2.05) is 32.0 Å². The molecule has 2 aromatic carbocycles. The fourth-order valence-electron chi connectivity index (χ4n) is 2.14. The van der Waals surface area contributed by atoms with Gasteiger partial charge >= 0.3 is 0 Å². The van der Waals surface area contributed by atoms with Crippen LogP contribution in [0.1, 0.15) is 16.7 Å². The van der Waals surface area contributed by atoms with Gasteiger partial charge in [-0.15, -0.1) is 0 Å². The highest BCUT2D eigenvalue weighted by Crippen LogP contribution is 2.29. The monoisotopic (exact) mass is 326 g/mol. The Morgan fingerprint density at radius 1 is 1.13 bits per heavy atom. The first kappa shape index (κ1) is 15.5. The minimum atomic E-state index is -0.298. The van der Waals surface area contributed by atoms with Crippen LogP contribution in [-0.2, 0) is 4.79 Å². The van der Waals surface area contributed by atoms with Crippen LogP contribution in [0.2, 0.25) is 0 Å². The molecule has 1 N–H and O–H groups in total. The summed E-state index contributed by atoms with van der Waals surface area (Å²) in [6, 6.07) is 12.0. The molecule has 2 aromatic rings. The van der Waals surface area contributed by atoms with Crippen molar-refractivity contribution in [2.45, 2.75) is 13.8 Å². The molecule has 0 saturated carbocycles. The highest BCUT2D eigenvalue weighted by Gasteiger charge is 2.23. The highest BCUT2D eigenvalue weighted by atomic mass is 32.2. The zero-order valence-corrected chi connectivity index (χ0v) is 13.6. The lowest BCUT2D eigenvalue weighted by molar-refractivity contribution is -0.115. The number of halogens is 1. The van der Waals surface area contributed by atoms with Crippen LogP contribution in [0.4, 0.5) is 10.1 Å². The molecule has 0 aliphatic carbocycles. The van der Waals surface area contributed by atoms with E-state index in [4.69, 9.17) is 0 Å². The van der Waals surface area contributed by atoms with Crippen molar-refractivity contribution in [3.63, 3.8) is 0 Å². The molecule has 0 bridgehead atoms. The molecule has 1 fully saturated rings. The number of hydrogen-bond donors (Lipinski definition) is 1. The second-order valence-corrected chi connectivity index (χ2v) is 6.35. The number of carbonyl (C=O) groups excluding carboxylic acids is 1. The van der Waals surface area contributed by atoms with Gasteiger partial charge < -0.3 is 5.32 Å². The van der Waals surface area contributed by atoms with Crippen molar-refractivity contribution in [1.29, 1.82) is 0 Å². The molecule has 1 heterocycles. The van der Waals surface area contributed by atoms with Crippen molar-refractivity contribution in [3.05, 3.63) is 69.9 Å². The highest BCUT2D eigenvalue weighted by molar-refractivity contribution is 8.18. The van der Waals surface area contributed by atoms with Gasteiger partial charge in [-0.3, -0.25) is 4.79 Å². The second-order valence-electron chi connectivity index (χ2n) is 5.32.